The summed E-state index contributed by atoms with van der Waals surface area (Å²) in [5.74, 6) is 5.14. The predicted molar refractivity (Wildman–Crippen MR) is 93.2 cm³/mol. The van der Waals surface area contributed by atoms with Crippen molar-refractivity contribution in [2.75, 3.05) is 6.66 Å². The third kappa shape index (κ3) is 6.04. The van der Waals surface area contributed by atoms with Gasteiger partial charge in [0.25, 0.3) is 0 Å². The number of rotatable bonds is 6. The fraction of sp³-hybridized carbons (Fsp3) is 0.125. The quantitative estimate of drug-likeness (QED) is 0.350. The molecule has 132 valence electrons. The van der Waals surface area contributed by atoms with Crippen LogP contribution in [0, 0.1) is 0 Å². The summed E-state index contributed by atoms with van der Waals surface area (Å²) in [5.41, 5.74) is 7.10. The lowest BCUT2D eigenvalue weighted by Crippen LogP contribution is -2.16. The zero-order valence-corrected chi connectivity index (χ0v) is 14.4. The van der Waals surface area contributed by atoms with E-state index in [4.69, 9.17) is 20.9 Å². The summed E-state index contributed by atoms with van der Waals surface area (Å²) in [7, 11) is -3.35. The van der Waals surface area contributed by atoms with Crippen LogP contribution in [0.5, 0.6) is 5.75 Å². The van der Waals surface area contributed by atoms with Gasteiger partial charge in [-0.2, -0.15) is 4.99 Å². The molecule has 0 spiro atoms. The number of amides is 1. The van der Waals surface area contributed by atoms with Gasteiger partial charge in [-0.1, -0.05) is 30.3 Å². The van der Waals surface area contributed by atoms with Gasteiger partial charge in [0.05, 0.1) is 6.66 Å². The van der Waals surface area contributed by atoms with E-state index in [1.54, 1.807) is 12.1 Å². The molecule has 4 N–H and O–H groups in total. The Hall–Kier alpha value is -2.67. The predicted octanol–water partition coefficient (Wildman–Crippen LogP) is 2.82. The zero-order valence-electron chi connectivity index (χ0n) is 13.5. The number of amidine groups is 1. The van der Waals surface area contributed by atoms with Crippen molar-refractivity contribution in [1.82, 2.24) is 0 Å². The van der Waals surface area contributed by atoms with Gasteiger partial charge in [0.15, 0.2) is 0 Å². The lowest BCUT2D eigenvalue weighted by Gasteiger charge is -2.12. The number of nitrogens with two attached hydrogens (primary N) is 2. The number of nitrogens with zero attached hydrogens (tertiary/aromatic N) is 1. The SMILES string of the molecule is CP(=O)(ON)Oc1ccc(C(N)=NC(=O)OCc2ccccc2)cc1. The molecular formula is C16H18N3O5P. The van der Waals surface area contributed by atoms with Crippen molar-refractivity contribution in [3.63, 3.8) is 0 Å². The second-order valence-corrected chi connectivity index (χ2v) is 6.97. The highest BCUT2D eigenvalue weighted by Gasteiger charge is 2.17. The maximum Gasteiger partial charge on any atom is 0.435 e. The number of hydrogen-bond donors (Lipinski definition) is 2. The van der Waals surface area contributed by atoms with Crippen LogP contribution in [-0.2, 0) is 20.5 Å². The molecule has 1 amide bonds. The highest BCUT2D eigenvalue weighted by molar-refractivity contribution is 7.53. The summed E-state index contributed by atoms with van der Waals surface area (Å²) in [4.78, 5) is 15.4. The van der Waals surface area contributed by atoms with Crippen LogP contribution in [0.2, 0.25) is 0 Å². The monoisotopic (exact) mass is 363 g/mol. The topological polar surface area (TPSA) is 126 Å². The number of carbonyl (C=O) groups excluding carboxylic acids is 1. The molecule has 2 aromatic rings. The third-order valence-corrected chi connectivity index (χ3v) is 3.96. The first-order valence-electron chi connectivity index (χ1n) is 7.20. The minimum absolute atomic E-state index is 0.0145. The highest BCUT2D eigenvalue weighted by atomic mass is 31.2. The molecule has 0 aromatic heterocycles. The van der Waals surface area contributed by atoms with Crippen LogP contribution in [0.1, 0.15) is 11.1 Å². The second-order valence-electron chi connectivity index (χ2n) is 5.03. The van der Waals surface area contributed by atoms with E-state index in [0.29, 0.717) is 5.56 Å². The van der Waals surface area contributed by atoms with Crippen molar-refractivity contribution in [2.24, 2.45) is 16.6 Å². The van der Waals surface area contributed by atoms with E-state index < -0.39 is 13.7 Å². The van der Waals surface area contributed by atoms with E-state index >= 15 is 0 Å². The first kappa shape index (κ1) is 18.7. The Kier molecular flexibility index (Phi) is 6.30. The van der Waals surface area contributed by atoms with Crippen LogP contribution in [0.25, 0.3) is 0 Å². The van der Waals surface area contributed by atoms with Crippen molar-refractivity contribution in [3.05, 3.63) is 65.7 Å². The Morgan fingerprint density at radius 2 is 1.76 bits per heavy atom. The van der Waals surface area contributed by atoms with Gasteiger partial charge in [-0.05, 0) is 29.8 Å². The Bertz CT molecular complexity index is 793. The second kappa shape index (κ2) is 8.43. The average Bonchev–Trinajstić information content (AvgIpc) is 2.61. The zero-order chi connectivity index (χ0) is 18.3. The largest absolute Gasteiger partial charge is 0.443 e. The summed E-state index contributed by atoms with van der Waals surface area (Å²) in [6, 6.07) is 15.3. The van der Waals surface area contributed by atoms with E-state index in [1.165, 1.54) is 18.8 Å². The summed E-state index contributed by atoms with van der Waals surface area (Å²) >= 11 is 0. The Morgan fingerprint density at radius 3 is 2.36 bits per heavy atom. The molecule has 1 atom stereocenters. The van der Waals surface area contributed by atoms with Crippen LogP contribution in [-0.4, -0.2) is 18.6 Å². The van der Waals surface area contributed by atoms with E-state index in [2.05, 4.69) is 9.62 Å². The molecule has 2 aromatic carbocycles. The number of ether oxygens (including phenoxy) is 1. The number of hydrogen-bond acceptors (Lipinski definition) is 6. The maximum absolute atomic E-state index is 11.7. The minimum Gasteiger partial charge on any atom is -0.443 e. The maximum atomic E-state index is 11.7. The van der Waals surface area contributed by atoms with Gasteiger partial charge in [-0.15, -0.1) is 0 Å². The lowest BCUT2D eigenvalue weighted by atomic mass is 10.2. The van der Waals surface area contributed by atoms with Crippen LogP contribution in [0.3, 0.4) is 0 Å². The summed E-state index contributed by atoms with van der Waals surface area (Å²) < 4.78 is 26.0. The molecule has 1 unspecified atom stereocenters. The van der Waals surface area contributed by atoms with Crippen molar-refractivity contribution in [3.8, 4) is 5.75 Å². The van der Waals surface area contributed by atoms with E-state index in [9.17, 15) is 9.36 Å². The van der Waals surface area contributed by atoms with Gasteiger partial charge in [-0.25, -0.2) is 19.9 Å². The molecule has 25 heavy (non-hydrogen) atoms. The van der Waals surface area contributed by atoms with Crippen LogP contribution in [0.4, 0.5) is 4.79 Å². The molecule has 0 heterocycles. The molecule has 0 saturated heterocycles. The van der Waals surface area contributed by atoms with E-state index in [0.717, 1.165) is 5.56 Å². The van der Waals surface area contributed by atoms with Gasteiger partial charge < -0.3 is 15.0 Å². The molecule has 0 aliphatic heterocycles. The van der Waals surface area contributed by atoms with E-state index in [1.807, 2.05) is 30.3 Å². The van der Waals surface area contributed by atoms with Gasteiger partial charge in [0, 0.05) is 5.56 Å². The van der Waals surface area contributed by atoms with Crippen LogP contribution >= 0.6 is 7.60 Å². The van der Waals surface area contributed by atoms with Crippen LogP contribution in [0.15, 0.2) is 59.6 Å². The summed E-state index contributed by atoms with van der Waals surface area (Å²) in [6.45, 7) is 1.34. The normalized spacial score (nSPS) is 13.8. The van der Waals surface area contributed by atoms with Crippen molar-refractivity contribution in [1.29, 1.82) is 0 Å². The highest BCUT2D eigenvalue weighted by Crippen LogP contribution is 2.42. The van der Waals surface area contributed by atoms with Gasteiger partial charge in [0.1, 0.15) is 18.2 Å². The lowest BCUT2D eigenvalue weighted by molar-refractivity contribution is 0.151. The molecule has 0 radical (unpaired) electrons. The third-order valence-electron chi connectivity index (χ3n) is 3.03. The van der Waals surface area contributed by atoms with Crippen molar-refractivity contribution >= 4 is 19.5 Å². The summed E-state index contributed by atoms with van der Waals surface area (Å²) in [5, 5.41) is 0. The van der Waals surface area contributed by atoms with Gasteiger partial charge in [0.2, 0.25) is 0 Å². The molecule has 9 heteroatoms. The fourth-order valence-corrected chi connectivity index (χ4v) is 2.36. The standard InChI is InChI=1S/C16H18N3O5P/c1-25(21,24-18)23-14-9-7-13(8-10-14)15(17)19-16(20)22-11-12-5-3-2-4-6-12/h2-10H,11,18H2,1H3,(H2,17,19,20). The molecule has 0 aliphatic carbocycles. The summed E-state index contributed by atoms with van der Waals surface area (Å²) in [6.07, 6.45) is -0.795. The van der Waals surface area contributed by atoms with Crippen molar-refractivity contribution in [2.45, 2.75) is 6.61 Å². The van der Waals surface area contributed by atoms with Gasteiger partial charge in [-0.3, -0.25) is 0 Å². The Morgan fingerprint density at radius 1 is 1.12 bits per heavy atom. The Labute approximate surface area is 144 Å². The first-order valence-corrected chi connectivity index (χ1v) is 9.19. The van der Waals surface area contributed by atoms with Gasteiger partial charge >= 0.3 is 13.7 Å². The fourth-order valence-electron chi connectivity index (χ4n) is 1.81. The number of benzene rings is 2. The first-order chi connectivity index (χ1) is 11.9. The molecule has 0 aliphatic rings. The number of carbonyl (C=O) groups is 1. The minimum atomic E-state index is -3.35. The molecule has 0 bridgehead atoms. The molecule has 0 saturated carbocycles. The smallest absolute Gasteiger partial charge is 0.435 e. The van der Waals surface area contributed by atoms with Crippen molar-refractivity contribution < 1.29 is 23.2 Å². The van der Waals surface area contributed by atoms with E-state index in [-0.39, 0.29) is 18.2 Å². The molecular weight excluding hydrogens is 345 g/mol. The average molecular weight is 363 g/mol. The molecule has 0 fully saturated rings. The number of aliphatic imine (C=N–C) groups is 1. The van der Waals surface area contributed by atoms with Crippen LogP contribution < -0.4 is 16.2 Å². The Balaban J connectivity index is 1.96. The molecule has 2 rings (SSSR count). The molecule has 8 nitrogen and oxygen atoms in total.